The molecule has 4 aromatic heterocycles. The molecule has 0 aliphatic rings. The van der Waals surface area contributed by atoms with Gasteiger partial charge in [0.1, 0.15) is 10.5 Å². The normalized spacial score (nSPS) is 11.7. The van der Waals surface area contributed by atoms with E-state index < -0.39 is 0 Å². The van der Waals surface area contributed by atoms with Crippen LogP contribution in [0.3, 0.4) is 0 Å². The van der Waals surface area contributed by atoms with Gasteiger partial charge in [-0.25, -0.2) is 0 Å². The summed E-state index contributed by atoms with van der Waals surface area (Å²) in [4.78, 5) is 28.8. The largest absolute Gasteiger partial charge is 0.361 e. The zero-order chi connectivity index (χ0) is 23.5. The number of fused-ring (bicyclic) bond motifs is 4. The Kier molecular flexibility index (Phi) is 6.44. The first-order valence-corrected chi connectivity index (χ1v) is 12.7. The van der Waals surface area contributed by atoms with E-state index in [4.69, 9.17) is 0 Å². The van der Waals surface area contributed by atoms with Crippen molar-refractivity contribution in [3.05, 3.63) is 63.7 Å². The maximum atomic E-state index is 13.0. The molecule has 0 saturated carbocycles. The number of thiophene rings is 1. The number of para-hydroxylation sites is 1. The van der Waals surface area contributed by atoms with Crippen molar-refractivity contribution in [2.24, 2.45) is 0 Å². The average molecular weight is 477 g/mol. The lowest BCUT2D eigenvalue weighted by molar-refractivity contribution is -0.121. The number of aryl methyl sites for hydroxylation is 2. The zero-order valence-electron chi connectivity index (χ0n) is 19.2. The first kappa shape index (κ1) is 22.3. The Hall–Kier alpha value is -3.46. The smallest absolute Gasteiger partial charge is 0.272 e. The van der Waals surface area contributed by atoms with Crippen LogP contribution in [0.5, 0.6) is 0 Å². The van der Waals surface area contributed by atoms with Crippen LogP contribution in [0.25, 0.3) is 26.9 Å². The number of unbranched alkanes of at least 4 members (excludes halogenated alkanes) is 2. The predicted octanol–water partition coefficient (Wildman–Crippen LogP) is 4.07. The van der Waals surface area contributed by atoms with Crippen LogP contribution in [0, 0.1) is 0 Å². The minimum absolute atomic E-state index is 0.0115. The maximum absolute atomic E-state index is 13.0. The first-order valence-electron chi connectivity index (χ1n) is 11.8. The average Bonchev–Trinajstić information content (AvgIpc) is 3.58. The van der Waals surface area contributed by atoms with Gasteiger partial charge in [0.2, 0.25) is 11.7 Å². The third-order valence-electron chi connectivity index (χ3n) is 6.23. The Bertz CT molecular complexity index is 1510. The molecule has 176 valence electrons. The summed E-state index contributed by atoms with van der Waals surface area (Å²) in [6.45, 7) is 3.34. The molecule has 0 saturated heterocycles. The number of nitrogens with one attached hydrogen (secondary N) is 2. The number of hydrogen-bond acceptors (Lipinski definition) is 5. The molecule has 5 aromatic rings. The molecule has 0 unspecified atom stereocenters. The Morgan fingerprint density at radius 3 is 2.91 bits per heavy atom. The summed E-state index contributed by atoms with van der Waals surface area (Å²) in [5.41, 5.74) is 3.11. The molecule has 8 nitrogen and oxygen atoms in total. The van der Waals surface area contributed by atoms with E-state index in [0.717, 1.165) is 36.7 Å². The van der Waals surface area contributed by atoms with Gasteiger partial charge in [0.25, 0.3) is 5.56 Å². The van der Waals surface area contributed by atoms with E-state index in [1.165, 1.54) is 22.3 Å². The van der Waals surface area contributed by atoms with E-state index in [9.17, 15) is 9.59 Å². The summed E-state index contributed by atoms with van der Waals surface area (Å²) in [5, 5.41) is 14.8. The Morgan fingerprint density at radius 1 is 1.15 bits per heavy atom. The number of nitrogens with zero attached hydrogens (tertiary/aromatic N) is 4. The second-order valence-corrected chi connectivity index (χ2v) is 9.43. The second kappa shape index (κ2) is 9.80. The number of benzene rings is 1. The molecule has 0 bridgehead atoms. The quantitative estimate of drug-likeness (QED) is 0.297. The van der Waals surface area contributed by atoms with Gasteiger partial charge in [0.15, 0.2) is 0 Å². The topological polar surface area (TPSA) is 97.1 Å². The molecular formula is C25H28N6O2S. The molecule has 5 rings (SSSR count). The number of amides is 1. The molecule has 1 amide bonds. The molecule has 0 spiro atoms. The monoisotopic (exact) mass is 476 g/mol. The van der Waals surface area contributed by atoms with E-state index in [0.29, 0.717) is 42.2 Å². The fourth-order valence-corrected chi connectivity index (χ4v) is 5.28. The predicted molar refractivity (Wildman–Crippen MR) is 135 cm³/mol. The Balaban J connectivity index is 1.27. The molecule has 34 heavy (non-hydrogen) atoms. The summed E-state index contributed by atoms with van der Waals surface area (Å²) >= 11 is 1.44. The number of aromatic amines is 1. The van der Waals surface area contributed by atoms with Crippen LogP contribution in [0.1, 0.15) is 44.0 Å². The van der Waals surface area contributed by atoms with Crippen molar-refractivity contribution in [1.82, 2.24) is 29.5 Å². The fraction of sp³-hybridized carbons (Fsp3) is 0.360. The molecular weight excluding hydrogens is 448 g/mol. The second-order valence-electron chi connectivity index (χ2n) is 8.51. The third kappa shape index (κ3) is 4.23. The van der Waals surface area contributed by atoms with Gasteiger partial charge in [0.05, 0.1) is 5.52 Å². The molecule has 0 fully saturated rings. The van der Waals surface area contributed by atoms with Crippen molar-refractivity contribution in [2.75, 3.05) is 6.54 Å². The van der Waals surface area contributed by atoms with E-state index in [1.54, 1.807) is 4.57 Å². The fourth-order valence-electron chi connectivity index (χ4n) is 4.45. The first-order chi connectivity index (χ1) is 16.7. The van der Waals surface area contributed by atoms with Gasteiger partial charge >= 0.3 is 0 Å². The number of aromatic nitrogens is 5. The number of carbonyl (C=O) groups excluding carboxylic acids is 1. The SMILES string of the molecule is CCCCCn1c(=O)c2sccc2n2c(CCC(=O)NCCc3c[nH]c4ccccc34)nnc12. The van der Waals surface area contributed by atoms with Crippen LogP contribution in [-0.4, -0.2) is 36.6 Å². The van der Waals surface area contributed by atoms with Gasteiger partial charge in [-0.05, 0) is 35.9 Å². The van der Waals surface area contributed by atoms with E-state index in [-0.39, 0.29) is 11.5 Å². The highest BCUT2D eigenvalue weighted by molar-refractivity contribution is 7.17. The summed E-state index contributed by atoms with van der Waals surface area (Å²) in [5.74, 6) is 1.24. The Morgan fingerprint density at radius 2 is 2.03 bits per heavy atom. The highest BCUT2D eigenvalue weighted by atomic mass is 32.1. The molecule has 0 aliphatic carbocycles. The minimum atomic E-state index is -0.0191. The van der Waals surface area contributed by atoms with E-state index in [1.807, 2.05) is 40.2 Å². The number of hydrogen-bond donors (Lipinski definition) is 2. The molecule has 1 aromatic carbocycles. The molecule has 0 atom stereocenters. The Labute approximate surface area is 200 Å². The number of H-pyrrole nitrogens is 1. The van der Waals surface area contributed by atoms with Crippen molar-refractivity contribution >= 4 is 44.1 Å². The van der Waals surface area contributed by atoms with Crippen LogP contribution < -0.4 is 10.9 Å². The van der Waals surface area contributed by atoms with Gasteiger partial charge in [-0.1, -0.05) is 38.0 Å². The zero-order valence-corrected chi connectivity index (χ0v) is 20.0. The highest BCUT2D eigenvalue weighted by Gasteiger charge is 2.18. The van der Waals surface area contributed by atoms with Crippen molar-refractivity contribution in [1.29, 1.82) is 0 Å². The van der Waals surface area contributed by atoms with Crippen LogP contribution in [-0.2, 0) is 24.2 Å². The van der Waals surface area contributed by atoms with Gasteiger partial charge in [0, 0.05) is 43.0 Å². The minimum Gasteiger partial charge on any atom is -0.361 e. The van der Waals surface area contributed by atoms with Gasteiger partial charge in [-0.2, -0.15) is 0 Å². The van der Waals surface area contributed by atoms with E-state index in [2.05, 4.69) is 33.5 Å². The standard InChI is InChI=1S/C25H28N6O2S/c1-2-3-6-14-30-24(33)23-20(12-15-34-23)31-21(28-29-25(30)31)9-10-22(32)26-13-11-17-16-27-19-8-5-4-7-18(17)19/h4-5,7-8,12,15-16,27H,2-3,6,9-11,13-14H2,1H3,(H,26,32). The van der Waals surface area contributed by atoms with Gasteiger partial charge in [-0.3, -0.25) is 18.6 Å². The number of carbonyl (C=O) groups is 1. The van der Waals surface area contributed by atoms with Gasteiger partial charge < -0.3 is 10.3 Å². The molecule has 2 N–H and O–H groups in total. The van der Waals surface area contributed by atoms with Crippen molar-refractivity contribution in [3.63, 3.8) is 0 Å². The lowest BCUT2D eigenvalue weighted by Crippen LogP contribution is -2.26. The lowest BCUT2D eigenvalue weighted by atomic mass is 10.1. The summed E-state index contributed by atoms with van der Waals surface area (Å²) < 4.78 is 4.37. The summed E-state index contributed by atoms with van der Waals surface area (Å²) in [6.07, 6.45) is 6.60. The van der Waals surface area contributed by atoms with Crippen LogP contribution in [0.15, 0.2) is 46.7 Å². The summed E-state index contributed by atoms with van der Waals surface area (Å²) in [6, 6.07) is 10.1. The molecule has 0 aliphatic heterocycles. The number of rotatable bonds is 10. The molecule has 9 heteroatoms. The van der Waals surface area contributed by atoms with Crippen LogP contribution in [0.4, 0.5) is 0 Å². The van der Waals surface area contributed by atoms with Crippen molar-refractivity contribution in [2.45, 2.75) is 52.0 Å². The summed E-state index contributed by atoms with van der Waals surface area (Å²) in [7, 11) is 0. The third-order valence-corrected chi connectivity index (χ3v) is 7.12. The van der Waals surface area contributed by atoms with Crippen molar-refractivity contribution < 1.29 is 4.79 Å². The highest BCUT2D eigenvalue weighted by Crippen LogP contribution is 2.21. The molecule has 0 radical (unpaired) electrons. The van der Waals surface area contributed by atoms with Crippen molar-refractivity contribution in [3.8, 4) is 0 Å². The van der Waals surface area contributed by atoms with Crippen LogP contribution in [0.2, 0.25) is 0 Å². The lowest BCUT2D eigenvalue weighted by Gasteiger charge is -2.09. The van der Waals surface area contributed by atoms with Gasteiger partial charge in [-0.15, -0.1) is 21.5 Å². The molecule has 4 heterocycles. The van der Waals surface area contributed by atoms with E-state index >= 15 is 0 Å². The van der Waals surface area contributed by atoms with Crippen LogP contribution >= 0.6 is 11.3 Å². The maximum Gasteiger partial charge on any atom is 0.272 e.